The molecule has 3 heteroatoms. The second-order valence-electron chi connectivity index (χ2n) is 5.87. The highest BCUT2D eigenvalue weighted by Crippen LogP contribution is 2.31. The topological polar surface area (TPSA) is 25.0 Å². The van der Waals surface area contributed by atoms with E-state index in [9.17, 15) is 0 Å². The van der Waals surface area contributed by atoms with Crippen LogP contribution in [0.3, 0.4) is 0 Å². The van der Waals surface area contributed by atoms with Crippen LogP contribution in [-0.2, 0) is 16.6 Å². The number of hydrogen-bond acceptors (Lipinski definition) is 2. The molecule has 0 saturated carbocycles. The van der Waals surface area contributed by atoms with Gasteiger partial charge >= 0.3 is 0 Å². The summed E-state index contributed by atoms with van der Waals surface area (Å²) >= 11 is 5.25. The molecule has 1 aromatic heterocycles. The van der Waals surface area contributed by atoms with Gasteiger partial charge in [0.25, 0.3) is 0 Å². The van der Waals surface area contributed by atoms with Gasteiger partial charge in [-0.05, 0) is 40.9 Å². The molecule has 0 fully saturated rings. The molecule has 2 heterocycles. The Balaban J connectivity index is 2.25. The number of H-pyrrole nitrogens is 1. The molecule has 0 atom stereocenters. The molecule has 2 aromatic rings. The van der Waals surface area contributed by atoms with E-state index >= 15 is 0 Å². The van der Waals surface area contributed by atoms with Crippen LogP contribution in [-0.4, -0.2) is 16.6 Å². The fourth-order valence-electron chi connectivity index (χ4n) is 2.47. The number of nitrogens with one attached hydrogen (secondary N) is 1. The first-order valence-electron chi connectivity index (χ1n) is 6.29. The number of rotatable bonds is 0. The molecule has 1 aromatic carbocycles. The van der Waals surface area contributed by atoms with Crippen LogP contribution in [0.4, 0.5) is 0 Å². The highest BCUT2D eigenvalue weighted by atomic mass is 32.1. The Labute approximate surface area is 112 Å². The zero-order valence-electron chi connectivity index (χ0n) is 11.0. The molecule has 0 unspecified atom stereocenters. The molecule has 1 N–H and O–H groups in total. The zero-order valence-corrected chi connectivity index (χ0v) is 11.8. The molecule has 0 radical (unpaired) electrons. The van der Waals surface area contributed by atoms with Crippen LogP contribution in [0.15, 0.2) is 18.2 Å². The number of thiocarbonyl (C=S) groups is 1. The van der Waals surface area contributed by atoms with Crippen molar-refractivity contribution in [3.63, 3.8) is 0 Å². The van der Waals surface area contributed by atoms with Crippen molar-refractivity contribution in [1.29, 1.82) is 0 Å². The van der Waals surface area contributed by atoms with Crippen LogP contribution in [0.2, 0.25) is 0 Å². The van der Waals surface area contributed by atoms with Gasteiger partial charge in [-0.2, -0.15) is 0 Å². The van der Waals surface area contributed by atoms with E-state index in [0.717, 1.165) is 17.6 Å². The van der Waals surface area contributed by atoms with Crippen molar-refractivity contribution >= 4 is 28.2 Å². The number of aromatic amines is 1. The fraction of sp³-hybridized carbons (Fsp3) is 0.400. The Hall–Kier alpha value is -1.35. The third kappa shape index (κ3) is 1.74. The Morgan fingerprint density at radius 3 is 2.78 bits per heavy atom. The lowest BCUT2D eigenvalue weighted by Gasteiger charge is -2.19. The van der Waals surface area contributed by atoms with Crippen LogP contribution in [0.1, 0.15) is 37.6 Å². The van der Waals surface area contributed by atoms with Gasteiger partial charge in [-0.25, -0.2) is 0 Å². The van der Waals surface area contributed by atoms with Crippen LogP contribution < -0.4 is 0 Å². The summed E-state index contributed by atoms with van der Waals surface area (Å²) in [5.41, 5.74) is 4.99. The average Bonchev–Trinajstić information content (AvgIpc) is 2.67. The quantitative estimate of drug-likeness (QED) is 0.729. The summed E-state index contributed by atoms with van der Waals surface area (Å²) < 4.78 is 5.43. The standard InChI is InChI=1S/C15H17NOS/c1-15(2,3)9-4-5-12-11(8-9)10-6-7-17-14(18)13(10)16-12/h4-5,8,16H,6-7H2,1-3H3. The lowest BCUT2D eigenvalue weighted by Crippen LogP contribution is -2.15. The predicted octanol–water partition coefficient (Wildman–Crippen LogP) is 3.71. The van der Waals surface area contributed by atoms with Crippen molar-refractivity contribution in [2.24, 2.45) is 0 Å². The van der Waals surface area contributed by atoms with Crippen LogP contribution in [0.25, 0.3) is 10.9 Å². The molecule has 0 spiro atoms. The Morgan fingerprint density at radius 1 is 1.28 bits per heavy atom. The van der Waals surface area contributed by atoms with Crippen LogP contribution in [0.5, 0.6) is 0 Å². The van der Waals surface area contributed by atoms with E-state index < -0.39 is 0 Å². The molecular weight excluding hydrogens is 242 g/mol. The first-order valence-corrected chi connectivity index (χ1v) is 6.70. The number of ether oxygens (including phenoxy) is 1. The molecule has 0 amide bonds. The maximum absolute atomic E-state index is 5.43. The smallest absolute Gasteiger partial charge is 0.208 e. The summed E-state index contributed by atoms with van der Waals surface area (Å²) in [7, 11) is 0. The first-order chi connectivity index (χ1) is 8.47. The summed E-state index contributed by atoms with van der Waals surface area (Å²) in [6.07, 6.45) is 0.934. The van der Waals surface area contributed by atoms with Gasteiger partial charge in [0.1, 0.15) is 0 Å². The highest BCUT2D eigenvalue weighted by Gasteiger charge is 2.22. The number of hydrogen-bond donors (Lipinski definition) is 1. The highest BCUT2D eigenvalue weighted by molar-refractivity contribution is 7.80. The summed E-state index contributed by atoms with van der Waals surface area (Å²) in [6, 6.07) is 6.63. The molecule has 18 heavy (non-hydrogen) atoms. The van der Waals surface area contributed by atoms with E-state index in [1.807, 2.05) is 0 Å². The minimum Gasteiger partial charge on any atom is -0.481 e. The molecule has 3 rings (SSSR count). The number of fused-ring (bicyclic) bond motifs is 3. The summed E-state index contributed by atoms with van der Waals surface area (Å²) in [5.74, 6) is 0. The van der Waals surface area contributed by atoms with E-state index in [2.05, 4.69) is 44.0 Å². The van der Waals surface area contributed by atoms with Gasteiger partial charge in [0.05, 0.1) is 12.3 Å². The molecule has 0 saturated heterocycles. The third-order valence-electron chi connectivity index (χ3n) is 3.56. The molecule has 1 aliphatic rings. The maximum atomic E-state index is 5.43. The van der Waals surface area contributed by atoms with E-state index in [-0.39, 0.29) is 5.41 Å². The van der Waals surface area contributed by atoms with Gasteiger partial charge in [-0.1, -0.05) is 26.8 Å². The number of aromatic nitrogens is 1. The van der Waals surface area contributed by atoms with E-state index in [0.29, 0.717) is 11.7 Å². The molecular formula is C15H17NOS. The van der Waals surface area contributed by atoms with Gasteiger partial charge in [-0.3, -0.25) is 0 Å². The minimum absolute atomic E-state index is 0.171. The van der Waals surface area contributed by atoms with Gasteiger partial charge in [0.2, 0.25) is 5.05 Å². The second kappa shape index (κ2) is 3.82. The third-order valence-corrected chi connectivity index (χ3v) is 3.88. The van der Waals surface area contributed by atoms with Gasteiger partial charge < -0.3 is 9.72 Å². The van der Waals surface area contributed by atoms with Crippen LogP contribution in [0, 0.1) is 0 Å². The molecule has 94 valence electrons. The summed E-state index contributed by atoms with van der Waals surface area (Å²) in [4.78, 5) is 3.38. The first kappa shape index (κ1) is 11.7. The van der Waals surface area contributed by atoms with E-state index in [1.54, 1.807) is 0 Å². The van der Waals surface area contributed by atoms with Gasteiger partial charge in [0.15, 0.2) is 0 Å². The van der Waals surface area contributed by atoms with Crippen molar-refractivity contribution in [2.45, 2.75) is 32.6 Å². The SMILES string of the molecule is CC(C)(C)c1ccc2[nH]c3c(c2c1)CCOC3=S. The minimum atomic E-state index is 0.171. The van der Waals surface area contributed by atoms with Crippen molar-refractivity contribution in [3.05, 3.63) is 35.0 Å². The molecule has 0 bridgehead atoms. The predicted molar refractivity (Wildman–Crippen MR) is 78.4 cm³/mol. The molecule has 0 aliphatic carbocycles. The lowest BCUT2D eigenvalue weighted by molar-refractivity contribution is 0.308. The zero-order chi connectivity index (χ0) is 12.9. The van der Waals surface area contributed by atoms with E-state index in [1.165, 1.54) is 16.5 Å². The van der Waals surface area contributed by atoms with Gasteiger partial charge in [0, 0.05) is 17.3 Å². The summed E-state index contributed by atoms with van der Waals surface area (Å²) in [5, 5.41) is 1.90. The van der Waals surface area contributed by atoms with Crippen molar-refractivity contribution in [2.75, 3.05) is 6.61 Å². The van der Waals surface area contributed by atoms with Crippen molar-refractivity contribution in [3.8, 4) is 0 Å². The van der Waals surface area contributed by atoms with Crippen molar-refractivity contribution in [1.82, 2.24) is 4.98 Å². The van der Waals surface area contributed by atoms with Crippen LogP contribution >= 0.6 is 12.2 Å². The molecule has 1 aliphatic heterocycles. The maximum Gasteiger partial charge on any atom is 0.208 e. The fourth-order valence-corrected chi connectivity index (χ4v) is 2.72. The largest absolute Gasteiger partial charge is 0.481 e. The summed E-state index contributed by atoms with van der Waals surface area (Å²) in [6.45, 7) is 7.40. The average molecular weight is 259 g/mol. The Bertz CT molecular complexity index is 634. The monoisotopic (exact) mass is 259 g/mol. The van der Waals surface area contributed by atoms with E-state index in [4.69, 9.17) is 17.0 Å². The van der Waals surface area contributed by atoms with Gasteiger partial charge in [-0.15, -0.1) is 0 Å². The lowest BCUT2D eigenvalue weighted by atomic mass is 9.86. The second-order valence-corrected chi connectivity index (χ2v) is 6.25. The Morgan fingerprint density at radius 2 is 2.06 bits per heavy atom. The molecule has 2 nitrogen and oxygen atoms in total. The normalized spacial score (nSPS) is 15.6. The Kier molecular flexibility index (Phi) is 2.49. The van der Waals surface area contributed by atoms with Crippen molar-refractivity contribution < 1.29 is 4.74 Å². The number of benzene rings is 1.